The van der Waals surface area contributed by atoms with Crippen molar-refractivity contribution in [1.29, 1.82) is 0 Å². The first kappa shape index (κ1) is 8.25. The Hall–Kier alpha value is -0.850. The Balaban J connectivity index is 3.19. The van der Waals surface area contributed by atoms with Crippen molar-refractivity contribution in [3.05, 3.63) is 46.4 Å². The number of rotatable bonds is 1. The molecular weight excluding hydrogens is 207 g/mol. The highest BCUT2D eigenvalue weighted by Crippen LogP contribution is 2.15. The highest BCUT2D eigenvalue weighted by Gasteiger charge is 1.97. The minimum Gasteiger partial charge on any atom is -0.206 e. The summed E-state index contributed by atoms with van der Waals surface area (Å²) in [5.41, 5.74) is 3.02. The van der Waals surface area contributed by atoms with Crippen molar-refractivity contribution in [1.82, 2.24) is 0 Å². The largest absolute Gasteiger partial charge is 0.206 e. The van der Waals surface area contributed by atoms with Crippen molar-refractivity contribution in [3.63, 3.8) is 0 Å². The SMILES string of the molecule is C=C=Cc1ccc(Br)cc1F. The molecule has 0 aliphatic carbocycles. The highest BCUT2D eigenvalue weighted by atomic mass is 79.9. The summed E-state index contributed by atoms with van der Waals surface area (Å²) < 4.78 is 13.6. The standard InChI is InChI=1S/C9H6BrF/c1-2-3-7-4-5-8(10)6-9(7)11/h3-6H,1H2. The lowest BCUT2D eigenvalue weighted by atomic mass is 10.2. The van der Waals surface area contributed by atoms with Gasteiger partial charge in [0.15, 0.2) is 0 Å². The molecule has 0 aliphatic rings. The molecule has 11 heavy (non-hydrogen) atoms. The van der Waals surface area contributed by atoms with Crippen LogP contribution in [-0.4, -0.2) is 0 Å². The third kappa shape index (κ3) is 2.04. The summed E-state index contributed by atoms with van der Waals surface area (Å²) in [5.74, 6) is -0.268. The molecule has 0 unspecified atom stereocenters. The second kappa shape index (κ2) is 3.51. The van der Waals surface area contributed by atoms with Gasteiger partial charge < -0.3 is 0 Å². The maximum Gasteiger partial charge on any atom is 0.132 e. The lowest BCUT2D eigenvalue weighted by Gasteiger charge is -1.94. The van der Waals surface area contributed by atoms with Crippen LogP contribution in [0.4, 0.5) is 4.39 Å². The summed E-state index contributed by atoms with van der Waals surface area (Å²) in [6, 6.07) is 4.84. The van der Waals surface area contributed by atoms with E-state index in [4.69, 9.17) is 0 Å². The minimum absolute atomic E-state index is 0.268. The van der Waals surface area contributed by atoms with Gasteiger partial charge in [0.2, 0.25) is 0 Å². The Kier molecular flexibility index (Phi) is 2.64. The molecule has 1 aromatic carbocycles. The lowest BCUT2D eigenvalue weighted by Crippen LogP contribution is -1.79. The van der Waals surface area contributed by atoms with Crippen LogP contribution in [0.5, 0.6) is 0 Å². The summed E-state index contributed by atoms with van der Waals surface area (Å²) in [4.78, 5) is 0. The van der Waals surface area contributed by atoms with Gasteiger partial charge in [0, 0.05) is 10.0 Å². The molecule has 2 heteroatoms. The van der Waals surface area contributed by atoms with Crippen LogP contribution in [-0.2, 0) is 0 Å². The first-order valence-electron chi connectivity index (χ1n) is 3.05. The van der Waals surface area contributed by atoms with Crippen molar-refractivity contribution in [2.45, 2.75) is 0 Å². The number of hydrogen-bond acceptors (Lipinski definition) is 0. The molecule has 0 amide bonds. The second-order valence-electron chi connectivity index (χ2n) is 2.01. The number of halogens is 2. The van der Waals surface area contributed by atoms with Gasteiger partial charge in [0.1, 0.15) is 5.82 Å². The predicted molar refractivity (Wildman–Crippen MR) is 47.7 cm³/mol. The molecular formula is C9H6BrF. The quantitative estimate of drug-likeness (QED) is 0.627. The summed E-state index contributed by atoms with van der Waals surface area (Å²) in [7, 11) is 0. The highest BCUT2D eigenvalue weighted by molar-refractivity contribution is 9.10. The lowest BCUT2D eigenvalue weighted by molar-refractivity contribution is 0.624. The molecule has 1 aromatic rings. The molecule has 0 spiro atoms. The molecule has 0 bridgehead atoms. The first-order chi connectivity index (χ1) is 5.24. The van der Waals surface area contributed by atoms with Crippen molar-refractivity contribution >= 4 is 22.0 Å². The van der Waals surface area contributed by atoms with Crippen molar-refractivity contribution in [3.8, 4) is 0 Å². The molecule has 0 nitrogen and oxygen atoms in total. The fraction of sp³-hybridized carbons (Fsp3) is 0. The molecule has 0 radical (unpaired) electrons. The van der Waals surface area contributed by atoms with Crippen LogP contribution in [0.3, 0.4) is 0 Å². The van der Waals surface area contributed by atoms with E-state index in [-0.39, 0.29) is 5.82 Å². The zero-order valence-electron chi connectivity index (χ0n) is 5.77. The minimum atomic E-state index is -0.268. The van der Waals surface area contributed by atoms with Gasteiger partial charge in [-0.1, -0.05) is 28.6 Å². The zero-order chi connectivity index (χ0) is 8.27. The zero-order valence-corrected chi connectivity index (χ0v) is 7.36. The Morgan fingerprint density at radius 1 is 1.55 bits per heavy atom. The van der Waals surface area contributed by atoms with Gasteiger partial charge in [0.05, 0.1) is 0 Å². The second-order valence-corrected chi connectivity index (χ2v) is 2.93. The van der Waals surface area contributed by atoms with E-state index in [9.17, 15) is 4.39 Å². The van der Waals surface area contributed by atoms with E-state index in [1.54, 1.807) is 12.1 Å². The van der Waals surface area contributed by atoms with Crippen LogP contribution >= 0.6 is 15.9 Å². The maximum atomic E-state index is 12.9. The maximum absolute atomic E-state index is 12.9. The average Bonchev–Trinajstić information content (AvgIpc) is 1.95. The van der Waals surface area contributed by atoms with Gasteiger partial charge in [-0.25, -0.2) is 4.39 Å². The van der Waals surface area contributed by atoms with Crippen LogP contribution in [0, 0.1) is 5.82 Å². The van der Waals surface area contributed by atoms with Gasteiger partial charge in [0.25, 0.3) is 0 Å². The predicted octanol–water partition coefficient (Wildman–Crippen LogP) is 3.39. The number of benzene rings is 1. The molecule has 56 valence electrons. The topological polar surface area (TPSA) is 0 Å². The van der Waals surface area contributed by atoms with Gasteiger partial charge in [-0.2, -0.15) is 0 Å². The molecule has 0 heterocycles. The monoisotopic (exact) mass is 212 g/mol. The van der Waals surface area contributed by atoms with Crippen molar-refractivity contribution in [2.75, 3.05) is 0 Å². The number of hydrogen-bond donors (Lipinski definition) is 0. The van der Waals surface area contributed by atoms with Gasteiger partial charge in [-0.05, 0) is 18.2 Å². The van der Waals surface area contributed by atoms with E-state index < -0.39 is 0 Å². The van der Waals surface area contributed by atoms with E-state index in [1.807, 2.05) is 0 Å². The first-order valence-corrected chi connectivity index (χ1v) is 3.84. The van der Waals surface area contributed by atoms with Crippen LogP contribution in [0.25, 0.3) is 6.08 Å². The summed E-state index contributed by atoms with van der Waals surface area (Å²) >= 11 is 3.16. The summed E-state index contributed by atoms with van der Waals surface area (Å²) in [6.07, 6.45) is 1.50. The van der Waals surface area contributed by atoms with Gasteiger partial charge in [-0.3, -0.25) is 0 Å². The van der Waals surface area contributed by atoms with E-state index in [1.165, 1.54) is 12.1 Å². The van der Waals surface area contributed by atoms with E-state index in [0.29, 0.717) is 5.56 Å². The molecule has 0 aliphatic heterocycles. The molecule has 0 saturated carbocycles. The Morgan fingerprint density at radius 3 is 2.82 bits per heavy atom. The summed E-state index contributed by atoms with van der Waals surface area (Å²) in [6.45, 7) is 3.36. The fourth-order valence-corrected chi connectivity index (χ4v) is 1.06. The smallest absolute Gasteiger partial charge is 0.132 e. The fourth-order valence-electron chi connectivity index (χ4n) is 0.729. The molecule has 0 atom stereocenters. The van der Waals surface area contributed by atoms with Crippen LogP contribution in [0.15, 0.2) is 35.0 Å². The van der Waals surface area contributed by atoms with E-state index in [2.05, 4.69) is 28.2 Å². The Morgan fingerprint density at radius 2 is 2.27 bits per heavy atom. The Bertz CT molecular complexity index is 311. The molecule has 0 saturated heterocycles. The van der Waals surface area contributed by atoms with Crippen molar-refractivity contribution in [2.24, 2.45) is 0 Å². The normalized spacial score (nSPS) is 8.91. The summed E-state index contributed by atoms with van der Waals surface area (Å²) in [5, 5.41) is 0. The third-order valence-corrected chi connectivity index (χ3v) is 1.71. The Labute approximate surface area is 73.2 Å². The average molecular weight is 213 g/mol. The van der Waals surface area contributed by atoms with E-state index >= 15 is 0 Å². The van der Waals surface area contributed by atoms with Gasteiger partial charge >= 0.3 is 0 Å². The van der Waals surface area contributed by atoms with Gasteiger partial charge in [-0.15, -0.1) is 5.73 Å². The molecule has 0 aromatic heterocycles. The van der Waals surface area contributed by atoms with E-state index in [0.717, 1.165) is 4.47 Å². The van der Waals surface area contributed by atoms with Crippen LogP contribution < -0.4 is 0 Å². The molecule has 0 N–H and O–H groups in total. The van der Waals surface area contributed by atoms with Crippen molar-refractivity contribution < 1.29 is 4.39 Å². The van der Waals surface area contributed by atoms with Crippen LogP contribution in [0.1, 0.15) is 5.56 Å². The van der Waals surface area contributed by atoms with Crippen LogP contribution in [0.2, 0.25) is 0 Å². The third-order valence-electron chi connectivity index (χ3n) is 1.22. The molecule has 0 fully saturated rings. The molecule has 1 rings (SSSR count).